The molecule has 0 aromatic carbocycles. The second-order valence-electron chi connectivity index (χ2n) is 2.19. The summed E-state index contributed by atoms with van der Waals surface area (Å²) in [5, 5.41) is 0. The van der Waals surface area contributed by atoms with E-state index in [9.17, 15) is 0 Å². The lowest BCUT2D eigenvalue weighted by Crippen LogP contribution is -1.87. The molecule has 0 saturated heterocycles. The summed E-state index contributed by atoms with van der Waals surface area (Å²) >= 11 is 1.63. The van der Waals surface area contributed by atoms with E-state index >= 15 is 0 Å². The molecular weight excluding hydrogens is 142 g/mol. The Kier molecular flexibility index (Phi) is 2.08. The Morgan fingerprint density at radius 3 is 2.90 bits per heavy atom. The van der Waals surface area contributed by atoms with Crippen LogP contribution in [0.5, 0.6) is 0 Å². The van der Waals surface area contributed by atoms with E-state index in [1.54, 1.807) is 11.3 Å². The summed E-state index contributed by atoms with van der Waals surface area (Å²) in [6, 6.07) is 0. The number of thiazole rings is 1. The first-order valence-corrected chi connectivity index (χ1v) is 3.99. The summed E-state index contributed by atoms with van der Waals surface area (Å²) < 4.78 is 0. The zero-order chi connectivity index (χ0) is 7.56. The van der Waals surface area contributed by atoms with E-state index in [1.165, 1.54) is 4.88 Å². The average Bonchev–Trinajstić information content (AvgIpc) is 2.34. The van der Waals surface area contributed by atoms with Crippen molar-refractivity contribution in [1.29, 1.82) is 0 Å². The van der Waals surface area contributed by atoms with Crippen LogP contribution < -0.4 is 0 Å². The molecule has 1 heterocycles. The molecule has 0 aliphatic heterocycles. The largest absolute Gasteiger partial charge is 0.250 e. The fourth-order valence-corrected chi connectivity index (χ4v) is 1.62. The van der Waals surface area contributed by atoms with Crippen molar-refractivity contribution in [2.24, 2.45) is 0 Å². The zero-order valence-electron chi connectivity index (χ0n) is 6.09. The lowest BCUT2D eigenvalue weighted by Gasteiger charge is -1.98. The van der Waals surface area contributed by atoms with Gasteiger partial charge in [0.05, 0.1) is 17.1 Å². The lowest BCUT2D eigenvalue weighted by atomic mass is 10.1. The van der Waals surface area contributed by atoms with Crippen molar-refractivity contribution >= 4 is 11.3 Å². The zero-order valence-corrected chi connectivity index (χ0v) is 6.90. The molecule has 1 rings (SSSR count). The van der Waals surface area contributed by atoms with Gasteiger partial charge >= 0.3 is 0 Å². The van der Waals surface area contributed by atoms with Crippen molar-refractivity contribution in [3.05, 3.63) is 16.1 Å². The maximum absolute atomic E-state index is 5.26. The number of hydrogen-bond acceptors (Lipinski definition) is 2. The van der Waals surface area contributed by atoms with Crippen LogP contribution >= 0.6 is 11.3 Å². The third kappa shape index (κ3) is 1.19. The van der Waals surface area contributed by atoms with Crippen LogP contribution in [0.4, 0.5) is 0 Å². The van der Waals surface area contributed by atoms with E-state index in [2.05, 4.69) is 10.9 Å². The second-order valence-corrected chi connectivity index (χ2v) is 3.08. The predicted molar refractivity (Wildman–Crippen MR) is 44.1 cm³/mol. The molecule has 0 saturated carbocycles. The van der Waals surface area contributed by atoms with Crippen molar-refractivity contribution in [3.8, 4) is 12.3 Å². The molecule has 10 heavy (non-hydrogen) atoms. The van der Waals surface area contributed by atoms with Crippen molar-refractivity contribution in [3.63, 3.8) is 0 Å². The van der Waals surface area contributed by atoms with Crippen LogP contribution in [0.2, 0.25) is 0 Å². The molecule has 1 aromatic heterocycles. The number of nitrogens with zero attached hydrogens (tertiary/aromatic N) is 1. The van der Waals surface area contributed by atoms with Crippen molar-refractivity contribution < 1.29 is 0 Å². The van der Waals surface area contributed by atoms with E-state index < -0.39 is 0 Å². The second kappa shape index (κ2) is 2.85. The van der Waals surface area contributed by atoms with Gasteiger partial charge in [0, 0.05) is 4.88 Å². The molecule has 2 heteroatoms. The quantitative estimate of drug-likeness (QED) is 0.561. The Hall–Kier alpha value is -0.810. The van der Waals surface area contributed by atoms with Crippen LogP contribution in [-0.4, -0.2) is 4.98 Å². The summed E-state index contributed by atoms with van der Waals surface area (Å²) in [6.45, 7) is 4.00. The van der Waals surface area contributed by atoms with Crippen LogP contribution in [-0.2, 0) is 0 Å². The molecule has 0 radical (unpaired) electrons. The Morgan fingerprint density at radius 1 is 1.80 bits per heavy atom. The third-order valence-electron chi connectivity index (χ3n) is 1.43. The van der Waals surface area contributed by atoms with Crippen LogP contribution in [0, 0.1) is 19.3 Å². The summed E-state index contributed by atoms with van der Waals surface area (Å²) in [5.74, 6) is 2.89. The molecule has 0 aliphatic carbocycles. The summed E-state index contributed by atoms with van der Waals surface area (Å²) in [6.07, 6.45) is 5.26. The highest BCUT2D eigenvalue weighted by molar-refractivity contribution is 7.09. The molecule has 52 valence electrons. The standard InChI is InChI=1S/C8H9NS/c1-4-6(2)8-7(3)9-5-10-8/h1,5-6H,2-3H3. The molecule has 0 aliphatic rings. The van der Waals surface area contributed by atoms with Crippen LogP contribution in [0.3, 0.4) is 0 Å². The highest BCUT2D eigenvalue weighted by Gasteiger charge is 2.06. The number of aryl methyl sites for hydroxylation is 1. The minimum absolute atomic E-state index is 0.215. The molecule has 1 atom stereocenters. The fourth-order valence-electron chi connectivity index (χ4n) is 0.802. The smallest absolute Gasteiger partial charge is 0.0798 e. The molecule has 0 spiro atoms. The van der Waals surface area contributed by atoms with E-state index in [4.69, 9.17) is 6.42 Å². The summed E-state index contributed by atoms with van der Waals surface area (Å²) in [4.78, 5) is 5.32. The van der Waals surface area contributed by atoms with Crippen molar-refractivity contribution in [2.45, 2.75) is 19.8 Å². The average molecular weight is 151 g/mol. The van der Waals surface area contributed by atoms with Gasteiger partial charge in [0.2, 0.25) is 0 Å². The molecule has 0 amide bonds. The normalized spacial score (nSPS) is 12.5. The Balaban J connectivity index is 2.96. The van der Waals surface area contributed by atoms with E-state index in [0.29, 0.717) is 0 Å². The number of hydrogen-bond donors (Lipinski definition) is 0. The maximum atomic E-state index is 5.26. The highest BCUT2D eigenvalue weighted by Crippen LogP contribution is 2.21. The topological polar surface area (TPSA) is 12.9 Å². The molecule has 0 N–H and O–H groups in total. The predicted octanol–water partition coefficient (Wildman–Crippen LogP) is 2.19. The van der Waals surface area contributed by atoms with Gasteiger partial charge in [0.15, 0.2) is 0 Å². The van der Waals surface area contributed by atoms with Crippen LogP contribution in [0.15, 0.2) is 5.51 Å². The summed E-state index contributed by atoms with van der Waals surface area (Å²) in [7, 11) is 0. The Morgan fingerprint density at radius 2 is 2.50 bits per heavy atom. The number of rotatable bonds is 1. The first-order valence-electron chi connectivity index (χ1n) is 3.12. The van der Waals surface area contributed by atoms with Gasteiger partial charge in [0.25, 0.3) is 0 Å². The summed E-state index contributed by atoms with van der Waals surface area (Å²) in [5.41, 5.74) is 2.90. The monoisotopic (exact) mass is 151 g/mol. The maximum Gasteiger partial charge on any atom is 0.0798 e. The molecular formula is C8H9NS. The molecule has 0 bridgehead atoms. The van der Waals surface area contributed by atoms with Gasteiger partial charge in [-0.2, -0.15) is 0 Å². The van der Waals surface area contributed by atoms with Gasteiger partial charge in [0.1, 0.15) is 0 Å². The van der Waals surface area contributed by atoms with Gasteiger partial charge in [-0.05, 0) is 13.8 Å². The molecule has 1 aromatic rings. The first kappa shape index (κ1) is 7.30. The van der Waals surface area contributed by atoms with Crippen LogP contribution in [0.1, 0.15) is 23.4 Å². The van der Waals surface area contributed by atoms with E-state index in [-0.39, 0.29) is 5.92 Å². The van der Waals surface area contributed by atoms with Gasteiger partial charge in [-0.3, -0.25) is 0 Å². The van der Waals surface area contributed by atoms with Gasteiger partial charge in [-0.1, -0.05) is 5.92 Å². The van der Waals surface area contributed by atoms with Gasteiger partial charge in [-0.25, -0.2) is 4.98 Å². The molecule has 1 nitrogen and oxygen atoms in total. The SMILES string of the molecule is C#CC(C)c1scnc1C. The number of terminal acetylenes is 1. The van der Waals surface area contributed by atoms with E-state index in [1.807, 2.05) is 19.4 Å². The minimum atomic E-state index is 0.215. The van der Waals surface area contributed by atoms with Crippen molar-refractivity contribution in [1.82, 2.24) is 4.98 Å². The highest BCUT2D eigenvalue weighted by atomic mass is 32.1. The van der Waals surface area contributed by atoms with E-state index in [0.717, 1.165) is 5.69 Å². The minimum Gasteiger partial charge on any atom is -0.250 e. The third-order valence-corrected chi connectivity index (χ3v) is 2.54. The molecule has 0 fully saturated rings. The number of aromatic nitrogens is 1. The van der Waals surface area contributed by atoms with Gasteiger partial charge < -0.3 is 0 Å². The molecule has 1 unspecified atom stereocenters. The first-order chi connectivity index (χ1) is 4.75. The fraction of sp³-hybridized carbons (Fsp3) is 0.375. The lowest BCUT2D eigenvalue weighted by molar-refractivity contribution is 1.01. The van der Waals surface area contributed by atoms with Crippen molar-refractivity contribution in [2.75, 3.05) is 0 Å². The Bertz CT molecular complexity index is 256. The van der Waals surface area contributed by atoms with Gasteiger partial charge in [-0.15, -0.1) is 17.8 Å². The Labute approximate surface area is 65.1 Å². The van der Waals surface area contributed by atoms with Crippen LogP contribution in [0.25, 0.3) is 0 Å².